The van der Waals surface area contributed by atoms with E-state index in [0.29, 0.717) is 23.9 Å². The highest BCUT2D eigenvalue weighted by Crippen LogP contribution is 2.30. The molecule has 2 aliphatic rings. The summed E-state index contributed by atoms with van der Waals surface area (Å²) in [5, 5.41) is 9.54. The first-order chi connectivity index (χ1) is 12.1. The number of hydrogen-bond donors (Lipinski definition) is 1. The van der Waals surface area contributed by atoms with Gasteiger partial charge in [0.1, 0.15) is 11.8 Å². The second kappa shape index (κ2) is 7.57. The molecular weight excluding hydrogens is 326 g/mol. The van der Waals surface area contributed by atoms with Crippen LogP contribution in [0.25, 0.3) is 0 Å². The molecule has 0 aliphatic carbocycles. The van der Waals surface area contributed by atoms with E-state index in [1.165, 1.54) is 18.1 Å². The minimum absolute atomic E-state index is 0.112. The van der Waals surface area contributed by atoms with Gasteiger partial charge < -0.3 is 24.2 Å². The fraction of sp³-hybridized carbons (Fsp3) is 0.444. The topological polar surface area (TPSA) is 85.3 Å². The Balaban J connectivity index is 1.69. The van der Waals surface area contributed by atoms with Crippen molar-refractivity contribution in [1.82, 2.24) is 4.90 Å². The number of methoxy groups -OCH3 is 1. The van der Waals surface area contributed by atoms with Crippen molar-refractivity contribution in [3.05, 3.63) is 36.1 Å². The van der Waals surface area contributed by atoms with Crippen LogP contribution in [0.15, 0.2) is 36.1 Å². The summed E-state index contributed by atoms with van der Waals surface area (Å²) in [6.45, 7) is 0.756. The Morgan fingerprint density at radius 3 is 2.80 bits per heavy atom. The fourth-order valence-electron chi connectivity index (χ4n) is 3.12. The second-order valence-corrected chi connectivity index (χ2v) is 6.05. The van der Waals surface area contributed by atoms with Gasteiger partial charge in [0.2, 0.25) is 0 Å². The Morgan fingerprint density at radius 2 is 2.16 bits per heavy atom. The fourth-order valence-corrected chi connectivity index (χ4v) is 3.12. The van der Waals surface area contributed by atoms with Gasteiger partial charge in [0.05, 0.1) is 19.8 Å². The third kappa shape index (κ3) is 3.93. The maximum Gasteiger partial charge on any atom is 0.326 e. The van der Waals surface area contributed by atoms with Crippen molar-refractivity contribution in [3.8, 4) is 11.5 Å². The SMILES string of the molecule is COc1ccccc1OC1=CC(=O)N(C(CC2CCCO2)C(=O)O)C1. The molecule has 0 saturated carbocycles. The number of nitrogens with zero attached hydrogens (tertiary/aromatic N) is 1. The Kier molecular flexibility index (Phi) is 5.23. The Morgan fingerprint density at radius 1 is 1.40 bits per heavy atom. The van der Waals surface area contributed by atoms with Crippen molar-refractivity contribution in [2.75, 3.05) is 20.3 Å². The monoisotopic (exact) mass is 347 g/mol. The zero-order chi connectivity index (χ0) is 17.8. The molecule has 0 spiro atoms. The number of ether oxygens (including phenoxy) is 3. The average Bonchev–Trinajstić information content (AvgIpc) is 3.22. The predicted molar refractivity (Wildman–Crippen MR) is 88.4 cm³/mol. The van der Waals surface area contributed by atoms with Crippen LogP contribution in [-0.4, -0.2) is 54.3 Å². The highest BCUT2D eigenvalue weighted by atomic mass is 16.5. The zero-order valence-electron chi connectivity index (χ0n) is 14.0. The smallest absolute Gasteiger partial charge is 0.326 e. The summed E-state index contributed by atoms with van der Waals surface area (Å²) in [6.07, 6.45) is 3.25. The van der Waals surface area contributed by atoms with Crippen molar-refractivity contribution in [2.45, 2.75) is 31.4 Å². The van der Waals surface area contributed by atoms with E-state index in [9.17, 15) is 14.7 Å². The van der Waals surface area contributed by atoms with Crippen LogP contribution in [0, 0.1) is 0 Å². The normalized spacial score (nSPS) is 21.2. The van der Waals surface area contributed by atoms with E-state index in [4.69, 9.17) is 14.2 Å². The van der Waals surface area contributed by atoms with Gasteiger partial charge in [-0.3, -0.25) is 4.79 Å². The number of carbonyl (C=O) groups excluding carboxylic acids is 1. The molecule has 1 fully saturated rings. The van der Waals surface area contributed by atoms with Crippen LogP contribution in [0.4, 0.5) is 0 Å². The van der Waals surface area contributed by atoms with Crippen LogP contribution in [0.2, 0.25) is 0 Å². The van der Waals surface area contributed by atoms with Crippen molar-refractivity contribution in [2.24, 2.45) is 0 Å². The summed E-state index contributed by atoms with van der Waals surface area (Å²) in [5.74, 6) is 0.0273. The second-order valence-electron chi connectivity index (χ2n) is 6.05. The molecule has 1 aromatic rings. The predicted octanol–water partition coefficient (Wildman–Crippen LogP) is 1.82. The van der Waals surface area contributed by atoms with E-state index in [1.54, 1.807) is 18.2 Å². The van der Waals surface area contributed by atoms with Crippen LogP contribution in [-0.2, 0) is 14.3 Å². The summed E-state index contributed by atoms with van der Waals surface area (Å²) in [5.41, 5.74) is 0. The molecule has 7 nitrogen and oxygen atoms in total. The zero-order valence-corrected chi connectivity index (χ0v) is 14.0. The van der Waals surface area contributed by atoms with E-state index in [2.05, 4.69) is 0 Å². The number of amides is 1. The third-order valence-electron chi connectivity index (χ3n) is 4.38. The lowest BCUT2D eigenvalue weighted by molar-refractivity contribution is -0.149. The van der Waals surface area contributed by atoms with Gasteiger partial charge in [0.25, 0.3) is 5.91 Å². The van der Waals surface area contributed by atoms with Gasteiger partial charge in [-0.15, -0.1) is 0 Å². The van der Waals surface area contributed by atoms with E-state index in [0.717, 1.165) is 12.8 Å². The number of carboxylic acid groups (broad SMARTS) is 1. The molecule has 0 radical (unpaired) electrons. The molecule has 2 heterocycles. The molecule has 1 aromatic carbocycles. The summed E-state index contributed by atoms with van der Waals surface area (Å²) in [6, 6.07) is 6.17. The number of rotatable bonds is 7. The molecule has 0 aromatic heterocycles. The highest BCUT2D eigenvalue weighted by molar-refractivity contribution is 5.94. The van der Waals surface area contributed by atoms with Crippen LogP contribution in [0.1, 0.15) is 19.3 Å². The first-order valence-electron chi connectivity index (χ1n) is 8.25. The minimum atomic E-state index is -1.03. The molecule has 25 heavy (non-hydrogen) atoms. The van der Waals surface area contributed by atoms with Gasteiger partial charge in [-0.05, 0) is 25.0 Å². The van der Waals surface area contributed by atoms with Gasteiger partial charge in [0, 0.05) is 19.1 Å². The molecule has 7 heteroatoms. The van der Waals surface area contributed by atoms with Crippen molar-refractivity contribution in [1.29, 1.82) is 0 Å². The molecular formula is C18H21NO6. The Bertz CT molecular complexity index is 680. The quantitative estimate of drug-likeness (QED) is 0.810. The average molecular weight is 347 g/mol. The minimum Gasteiger partial charge on any atom is -0.493 e. The first kappa shape index (κ1) is 17.3. The molecule has 0 bridgehead atoms. The van der Waals surface area contributed by atoms with Gasteiger partial charge in [-0.25, -0.2) is 4.79 Å². The van der Waals surface area contributed by atoms with Gasteiger partial charge >= 0.3 is 5.97 Å². The Hall–Kier alpha value is -2.54. The first-order valence-corrected chi connectivity index (χ1v) is 8.25. The largest absolute Gasteiger partial charge is 0.493 e. The molecule has 2 aliphatic heterocycles. The lowest BCUT2D eigenvalue weighted by Crippen LogP contribution is -2.44. The molecule has 1 N–H and O–H groups in total. The molecule has 1 amide bonds. The Labute approximate surface area is 145 Å². The lowest BCUT2D eigenvalue weighted by atomic mass is 10.1. The van der Waals surface area contributed by atoms with Crippen LogP contribution in [0.5, 0.6) is 11.5 Å². The number of benzene rings is 1. The van der Waals surface area contributed by atoms with Crippen molar-refractivity contribution in [3.63, 3.8) is 0 Å². The van der Waals surface area contributed by atoms with E-state index < -0.39 is 12.0 Å². The number of aliphatic carboxylic acids is 1. The van der Waals surface area contributed by atoms with Gasteiger partial charge in [0.15, 0.2) is 11.5 Å². The molecule has 1 saturated heterocycles. The van der Waals surface area contributed by atoms with Crippen LogP contribution in [0.3, 0.4) is 0 Å². The summed E-state index contributed by atoms with van der Waals surface area (Å²) in [7, 11) is 1.53. The number of carboxylic acids is 1. The van der Waals surface area contributed by atoms with Crippen molar-refractivity contribution < 1.29 is 28.9 Å². The summed E-state index contributed by atoms with van der Waals surface area (Å²) in [4.78, 5) is 25.2. The number of carbonyl (C=O) groups is 2. The van der Waals surface area contributed by atoms with Gasteiger partial charge in [-0.1, -0.05) is 12.1 Å². The van der Waals surface area contributed by atoms with Crippen molar-refractivity contribution >= 4 is 11.9 Å². The molecule has 2 unspecified atom stereocenters. The standard InChI is InChI=1S/C18H21NO6/c1-23-15-6-2-3-7-16(15)25-13-10-17(20)19(11-13)14(18(21)22)9-12-5-4-8-24-12/h2-3,6-7,10,12,14H,4-5,8-9,11H2,1H3,(H,21,22). The molecule has 134 valence electrons. The number of hydrogen-bond acceptors (Lipinski definition) is 5. The maximum absolute atomic E-state index is 12.3. The van der Waals surface area contributed by atoms with Crippen LogP contribution >= 0.6 is 0 Å². The van der Waals surface area contributed by atoms with E-state index >= 15 is 0 Å². The van der Waals surface area contributed by atoms with E-state index in [1.807, 2.05) is 6.07 Å². The number of para-hydroxylation sites is 2. The maximum atomic E-state index is 12.3. The molecule has 2 atom stereocenters. The highest BCUT2D eigenvalue weighted by Gasteiger charge is 2.36. The third-order valence-corrected chi connectivity index (χ3v) is 4.38. The lowest BCUT2D eigenvalue weighted by Gasteiger charge is -2.26. The van der Waals surface area contributed by atoms with Crippen LogP contribution < -0.4 is 9.47 Å². The molecule has 3 rings (SSSR count). The van der Waals surface area contributed by atoms with E-state index in [-0.39, 0.29) is 25.0 Å². The summed E-state index contributed by atoms with van der Waals surface area (Å²) < 4.78 is 16.5. The summed E-state index contributed by atoms with van der Waals surface area (Å²) >= 11 is 0. The van der Waals surface area contributed by atoms with Gasteiger partial charge in [-0.2, -0.15) is 0 Å².